The first-order valence-electron chi connectivity index (χ1n) is 10.2. The predicted molar refractivity (Wildman–Crippen MR) is 109 cm³/mol. The highest BCUT2D eigenvalue weighted by molar-refractivity contribution is 6.08. The molecular formula is C24H23N3O2. The van der Waals surface area contributed by atoms with Crippen molar-refractivity contribution in [3.8, 4) is 0 Å². The molecule has 5 rings (SSSR count). The minimum Gasteiger partial charge on any atom is -0.341 e. The molecular weight excluding hydrogens is 362 g/mol. The zero-order valence-electron chi connectivity index (χ0n) is 16.2. The highest BCUT2D eigenvalue weighted by Gasteiger charge is 2.39. The maximum Gasteiger partial charge on any atom is 0.232 e. The van der Waals surface area contributed by atoms with Gasteiger partial charge in [0.15, 0.2) is 0 Å². The number of hydrogen-bond acceptors (Lipinski definition) is 3. The van der Waals surface area contributed by atoms with E-state index in [0.717, 1.165) is 30.7 Å². The molecule has 29 heavy (non-hydrogen) atoms. The molecule has 0 bridgehead atoms. The smallest absolute Gasteiger partial charge is 0.232 e. The quantitative estimate of drug-likeness (QED) is 0.607. The maximum absolute atomic E-state index is 13.4. The summed E-state index contributed by atoms with van der Waals surface area (Å²) in [5, 5.41) is 0. The lowest BCUT2D eigenvalue weighted by Gasteiger charge is -2.25. The largest absolute Gasteiger partial charge is 0.341 e. The second kappa shape index (κ2) is 7.32. The van der Waals surface area contributed by atoms with Crippen LogP contribution in [0, 0.1) is 0 Å². The molecule has 0 N–H and O–H groups in total. The summed E-state index contributed by atoms with van der Waals surface area (Å²) in [6.07, 6.45) is 4.64. The van der Waals surface area contributed by atoms with Crippen molar-refractivity contribution in [2.45, 2.75) is 44.3 Å². The van der Waals surface area contributed by atoms with Crippen LogP contribution in [0.1, 0.15) is 52.6 Å². The third-order valence-corrected chi connectivity index (χ3v) is 5.91. The van der Waals surface area contributed by atoms with E-state index in [1.807, 2.05) is 70.1 Å². The van der Waals surface area contributed by atoms with Crippen LogP contribution in [0.15, 0.2) is 66.9 Å². The normalized spacial score (nSPS) is 17.7. The Balaban J connectivity index is 1.39. The van der Waals surface area contributed by atoms with Crippen LogP contribution >= 0.6 is 0 Å². The lowest BCUT2D eigenvalue weighted by molar-refractivity contribution is -0.134. The molecule has 0 radical (unpaired) electrons. The number of amides is 1. The number of carbonyl (C=O) groups excluding carboxylic acids is 2. The summed E-state index contributed by atoms with van der Waals surface area (Å²) in [5.41, 5.74) is 3.23. The number of fused-ring (bicyclic) bond motifs is 1. The average Bonchev–Trinajstić information content (AvgIpc) is 3.39. The van der Waals surface area contributed by atoms with Crippen LogP contribution in [0.4, 0.5) is 0 Å². The van der Waals surface area contributed by atoms with Gasteiger partial charge in [0.2, 0.25) is 11.7 Å². The Kier molecular flexibility index (Phi) is 4.51. The lowest BCUT2D eigenvalue weighted by Crippen LogP contribution is -2.36. The van der Waals surface area contributed by atoms with Gasteiger partial charge >= 0.3 is 0 Å². The first kappa shape index (κ1) is 17.9. The van der Waals surface area contributed by atoms with Gasteiger partial charge in [-0.05, 0) is 43.5 Å². The number of rotatable bonds is 6. The van der Waals surface area contributed by atoms with Crippen molar-refractivity contribution in [2.75, 3.05) is 0 Å². The predicted octanol–water partition coefficient (Wildman–Crippen LogP) is 3.79. The molecule has 1 aliphatic heterocycles. The molecule has 1 atom stereocenters. The fraction of sp³-hybridized carbons (Fsp3) is 0.292. The zero-order valence-corrected chi connectivity index (χ0v) is 16.2. The molecule has 146 valence electrons. The van der Waals surface area contributed by atoms with Gasteiger partial charge in [-0.25, -0.2) is 0 Å². The third kappa shape index (κ3) is 3.37. The second-order valence-electron chi connectivity index (χ2n) is 7.85. The number of ketones is 1. The van der Waals surface area contributed by atoms with Crippen molar-refractivity contribution in [3.63, 3.8) is 0 Å². The van der Waals surface area contributed by atoms with Crippen LogP contribution in [-0.4, -0.2) is 32.2 Å². The fourth-order valence-electron chi connectivity index (χ4n) is 4.27. The van der Waals surface area contributed by atoms with Crippen molar-refractivity contribution in [1.82, 2.24) is 14.5 Å². The molecule has 5 heteroatoms. The van der Waals surface area contributed by atoms with Gasteiger partial charge in [-0.3, -0.25) is 14.6 Å². The number of pyridine rings is 1. The third-order valence-electron chi connectivity index (χ3n) is 5.91. The summed E-state index contributed by atoms with van der Waals surface area (Å²) >= 11 is 0. The number of carbonyl (C=O) groups is 2. The molecule has 0 spiro atoms. The zero-order chi connectivity index (χ0) is 19.8. The van der Waals surface area contributed by atoms with E-state index in [-0.39, 0.29) is 17.6 Å². The summed E-state index contributed by atoms with van der Waals surface area (Å²) in [6, 6.07) is 19.3. The number of benzene rings is 1. The molecule has 1 amide bonds. The fourth-order valence-corrected chi connectivity index (χ4v) is 4.27. The number of hydrogen-bond donors (Lipinski definition) is 0. The summed E-state index contributed by atoms with van der Waals surface area (Å²) in [7, 11) is 0. The Morgan fingerprint density at radius 3 is 2.48 bits per heavy atom. The monoisotopic (exact) mass is 385 g/mol. The minimum atomic E-state index is -0.184. The first-order valence-corrected chi connectivity index (χ1v) is 10.2. The Labute approximate surface area is 170 Å². The van der Waals surface area contributed by atoms with E-state index in [9.17, 15) is 9.59 Å². The van der Waals surface area contributed by atoms with E-state index in [4.69, 9.17) is 0 Å². The van der Waals surface area contributed by atoms with Crippen molar-refractivity contribution >= 4 is 11.7 Å². The van der Waals surface area contributed by atoms with Gasteiger partial charge in [-0.1, -0.05) is 36.4 Å². The van der Waals surface area contributed by atoms with E-state index < -0.39 is 0 Å². The molecule has 2 aliphatic rings. The Morgan fingerprint density at radius 2 is 1.76 bits per heavy atom. The standard InChI is InChI=1S/C24H23N3O2/c28-23(17-6-2-1-3-7-17)22-12-11-21-20(13-15-26(21)22)24(29)27(19-9-10-19)16-18-8-4-5-14-25-18/h1-8,11-12,14,19-20H,9-10,13,15-16H2. The summed E-state index contributed by atoms with van der Waals surface area (Å²) in [6.45, 7) is 1.26. The van der Waals surface area contributed by atoms with E-state index in [2.05, 4.69) is 4.98 Å². The number of aromatic nitrogens is 2. The van der Waals surface area contributed by atoms with Crippen LogP contribution in [0.5, 0.6) is 0 Å². The van der Waals surface area contributed by atoms with Crippen LogP contribution < -0.4 is 0 Å². The molecule has 1 aliphatic carbocycles. The summed E-state index contributed by atoms with van der Waals surface area (Å²) < 4.78 is 2.03. The molecule has 1 aromatic carbocycles. The highest BCUT2D eigenvalue weighted by Crippen LogP contribution is 2.37. The van der Waals surface area contributed by atoms with Gasteiger partial charge in [0.05, 0.1) is 23.9 Å². The minimum absolute atomic E-state index is 0.0116. The summed E-state index contributed by atoms with van der Waals surface area (Å²) in [4.78, 5) is 32.7. The average molecular weight is 385 g/mol. The molecule has 0 saturated heterocycles. The molecule has 1 fully saturated rings. The molecule has 1 saturated carbocycles. The SMILES string of the molecule is O=C(c1ccccc1)c1ccc2n1CCC2C(=O)N(Cc1ccccn1)C1CC1. The van der Waals surface area contributed by atoms with E-state index in [1.54, 1.807) is 6.20 Å². The van der Waals surface area contributed by atoms with Gasteiger partial charge in [-0.2, -0.15) is 0 Å². The number of nitrogens with zero attached hydrogens (tertiary/aromatic N) is 3. The van der Waals surface area contributed by atoms with Crippen molar-refractivity contribution in [2.24, 2.45) is 0 Å². The second-order valence-corrected chi connectivity index (χ2v) is 7.85. The Morgan fingerprint density at radius 1 is 0.966 bits per heavy atom. The van der Waals surface area contributed by atoms with Crippen molar-refractivity contribution < 1.29 is 9.59 Å². The Bertz CT molecular complexity index is 1040. The van der Waals surface area contributed by atoms with E-state index in [1.165, 1.54) is 0 Å². The van der Waals surface area contributed by atoms with Crippen LogP contribution in [-0.2, 0) is 17.9 Å². The molecule has 3 heterocycles. The molecule has 5 nitrogen and oxygen atoms in total. The van der Waals surface area contributed by atoms with Gasteiger partial charge < -0.3 is 9.47 Å². The molecule has 3 aromatic rings. The lowest BCUT2D eigenvalue weighted by atomic mass is 10.0. The summed E-state index contributed by atoms with van der Waals surface area (Å²) in [5.74, 6) is -0.0113. The van der Waals surface area contributed by atoms with Crippen molar-refractivity contribution in [1.29, 1.82) is 0 Å². The van der Waals surface area contributed by atoms with E-state index >= 15 is 0 Å². The van der Waals surface area contributed by atoms with Crippen LogP contribution in [0.25, 0.3) is 0 Å². The molecule has 1 unspecified atom stereocenters. The van der Waals surface area contributed by atoms with Crippen molar-refractivity contribution in [3.05, 3.63) is 89.5 Å². The maximum atomic E-state index is 13.4. The molecule has 2 aromatic heterocycles. The highest BCUT2D eigenvalue weighted by atomic mass is 16.2. The van der Waals surface area contributed by atoms with Gasteiger partial charge in [0.25, 0.3) is 0 Å². The Hall–Kier alpha value is -3.21. The van der Waals surface area contributed by atoms with Gasteiger partial charge in [-0.15, -0.1) is 0 Å². The topological polar surface area (TPSA) is 55.2 Å². The van der Waals surface area contributed by atoms with Crippen LogP contribution in [0.2, 0.25) is 0 Å². The van der Waals surface area contributed by atoms with Crippen LogP contribution in [0.3, 0.4) is 0 Å². The van der Waals surface area contributed by atoms with E-state index in [0.29, 0.717) is 30.4 Å². The van der Waals surface area contributed by atoms with Gasteiger partial charge in [0.1, 0.15) is 0 Å². The first-order chi connectivity index (χ1) is 14.2. The van der Waals surface area contributed by atoms with Gasteiger partial charge in [0, 0.05) is 30.0 Å².